The number of pyridine rings is 1. The van der Waals surface area contributed by atoms with Crippen LogP contribution >= 0.6 is 0 Å². The molecule has 6 nitrogen and oxygen atoms in total. The highest BCUT2D eigenvalue weighted by Crippen LogP contribution is 2.35. The quantitative estimate of drug-likeness (QED) is 0.630. The van der Waals surface area contributed by atoms with Crippen LogP contribution < -0.4 is 20.5 Å². The fourth-order valence-corrected chi connectivity index (χ4v) is 1.86. The van der Waals surface area contributed by atoms with Gasteiger partial charge in [0.25, 0.3) is 0 Å². The number of nitrogens with one attached hydrogen (secondary N) is 1. The number of hydrogen-bond donors (Lipinski definition) is 2. The lowest BCUT2D eigenvalue weighted by Crippen LogP contribution is -2.07. The molecule has 2 aromatic rings. The van der Waals surface area contributed by atoms with Gasteiger partial charge >= 0.3 is 0 Å². The summed E-state index contributed by atoms with van der Waals surface area (Å²) < 4.78 is 11.2. The molecule has 0 bridgehead atoms. The third-order valence-electron chi connectivity index (χ3n) is 2.93. The second-order valence-electron chi connectivity index (χ2n) is 4.86. The first-order valence-electron chi connectivity index (χ1n) is 7.07. The van der Waals surface area contributed by atoms with Crippen LogP contribution in [0.1, 0.15) is 5.56 Å². The summed E-state index contributed by atoms with van der Waals surface area (Å²) in [5.41, 5.74) is 7.75. The average Bonchev–Trinajstić information content (AvgIpc) is 2.56. The summed E-state index contributed by atoms with van der Waals surface area (Å²) in [6, 6.07) is 6.64. The number of anilines is 2. The molecule has 6 heteroatoms. The third kappa shape index (κ3) is 4.27. The SMILES string of the molecule is C#CCOc1cc(NC(=O)C=C)ccc1Oc1ncc(C)cc1N. The molecule has 0 aliphatic heterocycles. The van der Waals surface area contributed by atoms with E-state index in [1.807, 2.05) is 6.92 Å². The number of carbonyl (C=O) groups is 1. The second kappa shape index (κ2) is 7.70. The molecule has 0 atom stereocenters. The fraction of sp³-hybridized carbons (Fsp3) is 0.111. The Bertz CT molecular complexity index is 810. The minimum absolute atomic E-state index is 0.0476. The van der Waals surface area contributed by atoms with Crippen molar-refractivity contribution in [3.63, 3.8) is 0 Å². The predicted molar refractivity (Wildman–Crippen MR) is 93.1 cm³/mol. The fourth-order valence-electron chi connectivity index (χ4n) is 1.86. The Morgan fingerprint density at radius 2 is 2.25 bits per heavy atom. The summed E-state index contributed by atoms with van der Waals surface area (Å²) in [7, 11) is 0. The molecule has 1 heterocycles. The van der Waals surface area contributed by atoms with Gasteiger partial charge in [-0.2, -0.15) is 0 Å². The standard InChI is InChI=1S/C18H17N3O3/c1-4-8-23-16-10-13(21-17(22)5-2)6-7-15(16)24-18-14(19)9-12(3)11-20-18/h1,5-7,9-11H,2,8,19H2,3H3,(H,21,22). The summed E-state index contributed by atoms with van der Waals surface area (Å²) in [5, 5.41) is 2.63. The van der Waals surface area contributed by atoms with E-state index in [1.54, 1.807) is 30.5 Å². The maximum absolute atomic E-state index is 11.4. The van der Waals surface area contributed by atoms with Gasteiger partial charge in [-0.15, -0.1) is 6.42 Å². The predicted octanol–water partition coefficient (Wildman–Crippen LogP) is 2.90. The Hall–Kier alpha value is -3.46. The lowest BCUT2D eigenvalue weighted by molar-refractivity contribution is -0.111. The van der Waals surface area contributed by atoms with Crippen molar-refractivity contribution in [3.8, 4) is 29.7 Å². The molecule has 1 aromatic heterocycles. The first kappa shape index (κ1) is 16.9. The van der Waals surface area contributed by atoms with Crippen LogP contribution in [0.5, 0.6) is 17.4 Å². The smallest absolute Gasteiger partial charge is 0.247 e. The van der Waals surface area contributed by atoms with E-state index in [0.29, 0.717) is 22.9 Å². The molecule has 0 saturated heterocycles. The highest BCUT2D eigenvalue weighted by molar-refractivity contribution is 5.99. The first-order valence-corrected chi connectivity index (χ1v) is 7.07. The minimum atomic E-state index is -0.337. The Kier molecular flexibility index (Phi) is 5.42. The number of benzene rings is 1. The van der Waals surface area contributed by atoms with Crippen molar-refractivity contribution in [3.05, 3.63) is 48.7 Å². The number of terminal acetylenes is 1. The molecule has 0 aliphatic carbocycles. The van der Waals surface area contributed by atoms with Crippen molar-refractivity contribution in [1.82, 2.24) is 4.98 Å². The molecule has 1 amide bonds. The number of carbonyl (C=O) groups excluding carboxylic acids is 1. The molecule has 0 saturated carbocycles. The number of nitrogens with two attached hydrogens (primary N) is 1. The maximum atomic E-state index is 11.4. The normalized spacial score (nSPS) is 9.67. The number of aromatic nitrogens is 1. The highest BCUT2D eigenvalue weighted by atomic mass is 16.5. The van der Waals surface area contributed by atoms with Crippen LogP contribution in [-0.4, -0.2) is 17.5 Å². The van der Waals surface area contributed by atoms with E-state index in [9.17, 15) is 4.79 Å². The number of aryl methyl sites for hydroxylation is 1. The summed E-state index contributed by atoms with van der Waals surface area (Å²) in [6.45, 7) is 5.33. The van der Waals surface area contributed by atoms with Crippen LogP contribution in [0.25, 0.3) is 0 Å². The molecule has 0 spiro atoms. The van der Waals surface area contributed by atoms with Crippen LogP contribution in [0.15, 0.2) is 43.1 Å². The van der Waals surface area contributed by atoms with Gasteiger partial charge in [-0.05, 0) is 36.8 Å². The average molecular weight is 323 g/mol. The summed E-state index contributed by atoms with van der Waals surface area (Å²) in [5.74, 6) is 3.03. The molecular formula is C18H17N3O3. The van der Waals surface area contributed by atoms with Crippen molar-refractivity contribution in [2.24, 2.45) is 0 Å². The Labute approximate surface area is 140 Å². The lowest BCUT2D eigenvalue weighted by atomic mass is 10.2. The van der Waals surface area contributed by atoms with Gasteiger partial charge in [0.2, 0.25) is 11.8 Å². The van der Waals surface area contributed by atoms with Gasteiger partial charge < -0.3 is 20.5 Å². The zero-order valence-corrected chi connectivity index (χ0v) is 13.2. The Morgan fingerprint density at radius 1 is 1.46 bits per heavy atom. The third-order valence-corrected chi connectivity index (χ3v) is 2.93. The van der Waals surface area contributed by atoms with Crippen molar-refractivity contribution < 1.29 is 14.3 Å². The zero-order valence-electron chi connectivity index (χ0n) is 13.2. The summed E-state index contributed by atoms with van der Waals surface area (Å²) in [6.07, 6.45) is 8.04. The molecule has 1 aromatic carbocycles. The maximum Gasteiger partial charge on any atom is 0.247 e. The molecular weight excluding hydrogens is 306 g/mol. The van der Waals surface area contributed by atoms with E-state index in [4.69, 9.17) is 21.6 Å². The van der Waals surface area contributed by atoms with Crippen molar-refractivity contribution >= 4 is 17.3 Å². The number of rotatable bonds is 6. The van der Waals surface area contributed by atoms with Gasteiger partial charge in [0, 0.05) is 18.0 Å². The number of nitrogens with zero attached hydrogens (tertiary/aromatic N) is 1. The van der Waals surface area contributed by atoms with Gasteiger partial charge in [0.1, 0.15) is 6.61 Å². The van der Waals surface area contributed by atoms with Gasteiger partial charge in [-0.25, -0.2) is 4.98 Å². The molecule has 0 radical (unpaired) electrons. The number of hydrogen-bond acceptors (Lipinski definition) is 5. The number of ether oxygens (including phenoxy) is 2. The monoisotopic (exact) mass is 323 g/mol. The zero-order chi connectivity index (χ0) is 17.5. The lowest BCUT2D eigenvalue weighted by Gasteiger charge is -2.13. The van der Waals surface area contributed by atoms with Gasteiger partial charge in [-0.1, -0.05) is 12.5 Å². The van der Waals surface area contributed by atoms with E-state index >= 15 is 0 Å². The van der Waals surface area contributed by atoms with Crippen LogP contribution in [-0.2, 0) is 4.79 Å². The van der Waals surface area contributed by atoms with Crippen LogP contribution in [0.2, 0.25) is 0 Å². The van der Waals surface area contributed by atoms with Crippen molar-refractivity contribution in [1.29, 1.82) is 0 Å². The van der Waals surface area contributed by atoms with Gasteiger partial charge in [0.15, 0.2) is 11.5 Å². The minimum Gasteiger partial charge on any atom is -0.477 e. The summed E-state index contributed by atoms with van der Waals surface area (Å²) >= 11 is 0. The van der Waals surface area contributed by atoms with Crippen molar-refractivity contribution in [2.75, 3.05) is 17.7 Å². The molecule has 24 heavy (non-hydrogen) atoms. The topological polar surface area (TPSA) is 86.5 Å². The Morgan fingerprint density at radius 3 is 2.92 bits per heavy atom. The van der Waals surface area contributed by atoms with Crippen LogP contribution in [0.4, 0.5) is 11.4 Å². The second-order valence-corrected chi connectivity index (χ2v) is 4.86. The van der Waals surface area contributed by atoms with Gasteiger partial charge in [0.05, 0.1) is 5.69 Å². The van der Waals surface area contributed by atoms with E-state index in [0.717, 1.165) is 5.56 Å². The highest BCUT2D eigenvalue weighted by Gasteiger charge is 2.11. The summed E-state index contributed by atoms with van der Waals surface area (Å²) in [4.78, 5) is 15.6. The van der Waals surface area contributed by atoms with Crippen molar-refractivity contribution in [2.45, 2.75) is 6.92 Å². The van der Waals surface area contributed by atoms with Crippen LogP contribution in [0, 0.1) is 19.3 Å². The molecule has 122 valence electrons. The molecule has 0 unspecified atom stereocenters. The van der Waals surface area contributed by atoms with E-state index in [2.05, 4.69) is 22.8 Å². The Balaban J connectivity index is 2.31. The first-order chi connectivity index (χ1) is 11.5. The van der Waals surface area contributed by atoms with E-state index < -0.39 is 0 Å². The largest absolute Gasteiger partial charge is 0.477 e. The molecule has 0 fully saturated rings. The number of amides is 1. The van der Waals surface area contributed by atoms with Gasteiger partial charge in [-0.3, -0.25) is 4.79 Å². The van der Waals surface area contributed by atoms with Crippen LogP contribution in [0.3, 0.4) is 0 Å². The molecule has 3 N–H and O–H groups in total. The van der Waals surface area contributed by atoms with E-state index in [1.165, 1.54) is 6.08 Å². The molecule has 2 rings (SSSR count). The molecule has 0 aliphatic rings. The number of nitrogen functional groups attached to an aromatic ring is 1. The van der Waals surface area contributed by atoms with E-state index in [-0.39, 0.29) is 18.4 Å².